The van der Waals surface area contributed by atoms with Gasteiger partial charge in [-0.2, -0.15) is 13.2 Å². The summed E-state index contributed by atoms with van der Waals surface area (Å²) >= 11 is 0. The van der Waals surface area contributed by atoms with Crippen LogP contribution in [0.1, 0.15) is 12.5 Å². The number of alkyl halides is 3. The average Bonchev–Trinajstić information content (AvgIpc) is 2.34. The predicted molar refractivity (Wildman–Crippen MR) is 72.9 cm³/mol. The molecule has 0 aliphatic heterocycles. The second-order valence-electron chi connectivity index (χ2n) is 4.63. The monoisotopic (exact) mass is 290 g/mol. The summed E-state index contributed by atoms with van der Waals surface area (Å²) in [4.78, 5) is 1.20. The summed E-state index contributed by atoms with van der Waals surface area (Å²) < 4.78 is 41.9. The van der Waals surface area contributed by atoms with E-state index < -0.39 is 12.7 Å². The van der Waals surface area contributed by atoms with Crippen molar-refractivity contribution in [2.24, 2.45) is 0 Å². The summed E-state index contributed by atoms with van der Waals surface area (Å²) in [5.74, 6) is 0.681. The van der Waals surface area contributed by atoms with Crippen LogP contribution in [-0.4, -0.2) is 44.4 Å². The van der Waals surface area contributed by atoms with Crippen molar-refractivity contribution in [1.29, 1.82) is 0 Å². The molecule has 0 heterocycles. The lowest BCUT2D eigenvalue weighted by molar-refractivity contribution is -0.143. The maximum Gasteiger partial charge on any atom is 0.401 e. The van der Waals surface area contributed by atoms with Crippen molar-refractivity contribution in [2.45, 2.75) is 19.6 Å². The van der Waals surface area contributed by atoms with E-state index in [9.17, 15) is 13.2 Å². The SMILES string of the molecule is CCNCc1cccc(OCCN(C)CC(F)(F)F)c1. The molecule has 3 nitrogen and oxygen atoms in total. The van der Waals surface area contributed by atoms with E-state index in [1.54, 1.807) is 6.07 Å². The molecule has 0 fully saturated rings. The van der Waals surface area contributed by atoms with Gasteiger partial charge in [0.15, 0.2) is 0 Å². The second-order valence-corrected chi connectivity index (χ2v) is 4.63. The third kappa shape index (κ3) is 7.35. The third-order valence-corrected chi connectivity index (χ3v) is 2.67. The maximum absolute atomic E-state index is 12.1. The highest BCUT2D eigenvalue weighted by Crippen LogP contribution is 2.16. The molecule has 20 heavy (non-hydrogen) atoms. The molecule has 0 saturated heterocycles. The van der Waals surface area contributed by atoms with Crippen LogP contribution in [0.15, 0.2) is 24.3 Å². The van der Waals surface area contributed by atoms with Crippen LogP contribution in [0.5, 0.6) is 5.75 Å². The van der Waals surface area contributed by atoms with Gasteiger partial charge in [-0.25, -0.2) is 0 Å². The fourth-order valence-corrected chi connectivity index (χ4v) is 1.72. The largest absolute Gasteiger partial charge is 0.492 e. The van der Waals surface area contributed by atoms with Crippen molar-refractivity contribution in [2.75, 3.05) is 33.3 Å². The predicted octanol–water partition coefficient (Wildman–Crippen LogP) is 2.67. The summed E-state index contributed by atoms with van der Waals surface area (Å²) in [7, 11) is 1.43. The molecule has 1 aromatic carbocycles. The lowest BCUT2D eigenvalue weighted by Gasteiger charge is -2.18. The molecule has 0 aliphatic rings. The fraction of sp³-hybridized carbons (Fsp3) is 0.571. The Hall–Kier alpha value is -1.27. The van der Waals surface area contributed by atoms with E-state index in [-0.39, 0.29) is 13.2 Å². The van der Waals surface area contributed by atoms with Gasteiger partial charge in [-0.1, -0.05) is 19.1 Å². The first-order valence-corrected chi connectivity index (χ1v) is 6.58. The topological polar surface area (TPSA) is 24.5 Å². The normalized spacial score (nSPS) is 11.9. The lowest BCUT2D eigenvalue weighted by atomic mass is 10.2. The Labute approximate surface area is 117 Å². The van der Waals surface area contributed by atoms with E-state index in [0.29, 0.717) is 5.75 Å². The van der Waals surface area contributed by atoms with Gasteiger partial charge >= 0.3 is 6.18 Å². The highest BCUT2D eigenvalue weighted by Gasteiger charge is 2.28. The summed E-state index contributed by atoms with van der Waals surface area (Å²) in [5.41, 5.74) is 1.09. The van der Waals surface area contributed by atoms with Gasteiger partial charge in [0.2, 0.25) is 0 Å². The summed E-state index contributed by atoms with van der Waals surface area (Å²) in [6.07, 6.45) is -4.17. The molecule has 114 valence electrons. The molecule has 0 spiro atoms. The van der Waals surface area contributed by atoms with Gasteiger partial charge in [-0.3, -0.25) is 4.90 Å². The van der Waals surface area contributed by atoms with Crippen LogP contribution in [-0.2, 0) is 6.54 Å². The zero-order valence-electron chi connectivity index (χ0n) is 11.8. The van der Waals surface area contributed by atoms with Gasteiger partial charge in [-0.05, 0) is 31.3 Å². The Bertz CT molecular complexity index is 396. The molecule has 0 amide bonds. The van der Waals surface area contributed by atoms with E-state index in [2.05, 4.69) is 5.32 Å². The fourth-order valence-electron chi connectivity index (χ4n) is 1.72. The molecule has 0 atom stereocenters. The summed E-state index contributed by atoms with van der Waals surface area (Å²) in [6.45, 7) is 3.21. The zero-order valence-corrected chi connectivity index (χ0v) is 11.8. The highest BCUT2D eigenvalue weighted by atomic mass is 19.4. The number of benzene rings is 1. The molecule has 1 N–H and O–H groups in total. The van der Waals surface area contributed by atoms with Crippen molar-refractivity contribution in [1.82, 2.24) is 10.2 Å². The standard InChI is InChI=1S/C14H21F3N2O/c1-3-18-10-12-5-4-6-13(9-12)20-8-7-19(2)11-14(15,16)17/h4-6,9,18H,3,7-8,10-11H2,1-2H3. The van der Waals surface area contributed by atoms with Crippen molar-refractivity contribution in [3.63, 3.8) is 0 Å². The van der Waals surface area contributed by atoms with Gasteiger partial charge in [0.25, 0.3) is 0 Å². The smallest absolute Gasteiger partial charge is 0.401 e. The quantitative estimate of drug-likeness (QED) is 0.796. The highest BCUT2D eigenvalue weighted by molar-refractivity contribution is 5.28. The Morgan fingerprint density at radius 1 is 1.30 bits per heavy atom. The van der Waals surface area contributed by atoms with E-state index in [1.165, 1.54) is 11.9 Å². The molecule has 6 heteroatoms. The molecule has 0 saturated carbocycles. The van der Waals surface area contributed by atoms with Crippen molar-refractivity contribution >= 4 is 0 Å². The van der Waals surface area contributed by atoms with Crippen LogP contribution in [0.25, 0.3) is 0 Å². The van der Waals surface area contributed by atoms with E-state index in [0.717, 1.165) is 18.7 Å². The van der Waals surface area contributed by atoms with E-state index in [4.69, 9.17) is 4.74 Å². The number of hydrogen-bond acceptors (Lipinski definition) is 3. The van der Waals surface area contributed by atoms with Crippen LogP contribution in [0.3, 0.4) is 0 Å². The summed E-state index contributed by atoms with van der Waals surface area (Å²) in [6, 6.07) is 7.55. The summed E-state index contributed by atoms with van der Waals surface area (Å²) in [5, 5.41) is 3.20. The number of hydrogen-bond donors (Lipinski definition) is 1. The first-order valence-electron chi connectivity index (χ1n) is 6.58. The van der Waals surface area contributed by atoms with E-state index >= 15 is 0 Å². The van der Waals surface area contributed by atoms with Crippen LogP contribution < -0.4 is 10.1 Å². The minimum Gasteiger partial charge on any atom is -0.492 e. The lowest BCUT2D eigenvalue weighted by Crippen LogP contribution is -2.33. The Morgan fingerprint density at radius 2 is 2.05 bits per heavy atom. The van der Waals surface area contributed by atoms with Crippen LogP contribution in [0, 0.1) is 0 Å². The Kier molecular flexibility index (Phi) is 6.81. The molecule has 1 rings (SSSR count). The number of nitrogens with zero attached hydrogens (tertiary/aromatic N) is 1. The third-order valence-electron chi connectivity index (χ3n) is 2.67. The molecule has 0 bridgehead atoms. The molecule has 0 radical (unpaired) electrons. The van der Waals surface area contributed by atoms with Gasteiger partial charge in [0.05, 0.1) is 6.54 Å². The first kappa shape index (κ1) is 16.8. The van der Waals surface area contributed by atoms with Gasteiger partial charge in [-0.15, -0.1) is 0 Å². The molecular weight excluding hydrogens is 269 g/mol. The molecule has 0 aliphatic carbocycles. The van der Waals surface area contributed by atoms with Crippen LogP contribution in [0.2, 0.25) is 0 Å². The molecule has 1 aromatic rings. The first-order chi connectivity index (χ1) is 9.40. The van der Waals surface area contributed by atoms with Crippen LogP contribution in [0.4, 0.5) is 13.2 Å². The van der Waals surface area contributed by atoms with Crippen molar-refractivity contribution < 1.29 is 17.9 Å². The Balaban J connectivity index is 2.34. The number of ether oxygens (including phenoxy) is 1. The molecule has 0 unspecified atom stereocenters. The second kappa shape index (κ2) is 8.11. The minimum absolute atomic E-state index is 0.233. The van der Waals surface area contributed by atoms with Crippen molar-refractivity contribution in [3.05, 3.63) is 29.8 Å². The number of nitrogens with one attached hydrogen (secondary N) is 1. The average molecular weight is 290 g/mol. The maximum atomic E-state index is 12.1. The number of rotatable bonds is 8. The molecular formula is C14H21F3N2O. The number of halogens is 3. The van der Waals surface area contributed by atoms with Gasteiger partial charge in [0.1, 0.15) is 12.4 Å². The Morgan fingerprint density at radius 3 is 2.70 bits per heavy atom. The van der Waals surface area contributed by atoms with Crippen molar-refractivity contribution in [3.8, 4) is 5.75 Å². The number of likely N-dealkylation sites (N-methyl/N-ethyl adjacent to an activating group) is 1. The van der Waals surface area contributed by atoms with Gasteiger partial charge < -0.3 is 10.1 Å². The van der Waals surface area contributed by atoms with Gasteiger partial charge in [0, 0.05) is 13.1 Å². The molecule has 0 aromatic heterocycles. The minimum atomic E-state index is -4.17. The van der Waals surface area contributed by atoms with E-state index in [1.807, 2.05) is 25.1 Å². The van der Waals surface area contributed by atoms with Crippen LogP contribution >= 0.6 is 0 Å². The zero-order chi connectivity index (χ0) is 15.0.